The number of nitrogens with zero attached hydrogens (tertiary/aromatic N) is 3. The van der Waals surface area contributed by atoms with Crippen LogP contribution in [-0.2, 0) is 6.54 Å². The Morgan fingerprint density at radius 1 is 1.27 bits per heavy atom. The standard InChI is InChI=1S/C15H19BrN4S2/c1-17-15(18-11-12-4-5-13(16)22-12)20-8-6-19(7-9-20)14-3-2-10-21-14/h2-5,10H,6-9,11H2,1H3,(H,17,18). The zero-order valence-corrected chi connectivity index (χ0v) is 15.7. The Balaban J connectivity index is 1.52. The second kappa shape index (κ2) is 7.48. The Bertz CT molecular complexity index is 615. The molecular weight excluding hydrogens is 380 g/mol. The maximum Gasteiger partial charge on any atom is 0.194 e. The first-order valence-electron chi connectivity index (χ1n) is 7.24. The minimum atomic E-state index is 0.827. The SMILES string of the molecule is CN=C(NCc1ccc(Br)s1)N1CCN(c2cccs2)CC1. The Kier molecular flexibility index (Phi) is 5.38. The minimum absolute atomic E-state index is 0.827. The molecule has 0 amide bonds. The van der Waals surface area contributed by atoms with Gasteiger partial charge in [0.1, 0.15) is 0 Å². The van der Waals surface area contributed by atoms with E-state index in [4.69, 9.17) is 0 Å². The molecule has 0 saturated carbocycles. The van der Waals surface area contributed by atoms with Crippen LogP contribution in [0.1, 0.15) is 4.88 Å². The summed E-state index contributed by atoms with van der Waals surface area (Å²) in [5, 5.41) is 6.97. The molecule has 118 valence electrons. The molecule has 0 aromatic carbocycles. The quantitative estimate of drug-likeness (QED) is 0.634. The van der Waals surface area contributed by atoms with Crippen molar-refractivity contribution in [2.24, 2.45) is 4.99 Å². The summed E-state index contributed by atoms with van der Waals surface area (Å²) in [7, 11) is 1.86. The van der Waals surface area contributed by atoms with Gasteiger partial charge in [-0.25, -0.2) is 0 Å². The Morgan fingerprint density at radius 3 is 2.68 bits per heavy atom. The molecule has 1 N–H and O–H groups in total. The van der Waals surface area contributed by atoms with Gasteiger partial charge in [-0.2, -0.15) is 0 Å². The van der Waals surface area contributed by atoms with Crippen LogP contribution in [0.25, 0.3) is 0 Å². The molecule has 0 spiro atoms. The molecule has 0 aliphatic carbocycles. The predicted octanol–water partition coefficient (Wildman–Crippen LogP) is 3.47. The highest BCUT2D eigenvalue weighted by atomic mass is 79.9. The van der Waals surface area contributed by atoms with Crippen LogP contribution in [0, 0.1) is 0 Å². The first-order valence-corrected chi connectivity index (χ1v) is 9.73. The van der Waals surface area contributed by atoms with E-state index in [0.717, 1.165) is 38.7 Å². The lowest BCUT2D eigenvalue weighted by molar-refractivity contribution is 0.373. The normalized spacial score (nSPS) is 16.2. The van der Waals surface area contributed by atoms with Crippen LogP contribution in [-0.4, -0.2) is 44.1 Å². The highest BCUT2D eigenvalue weighted by Gasteiger charge is 2.20. The average Bonchev–Trinajstić information content (AvgIpc) is 3.20. The molecule has 2 aromatic heterocycles. The van der Waals surface area contributed by atoms with Crippen molar-refractivity contribution in [3.05, 3.63) is 38.3 Å². The van der Waals surface area contributed by atoms with Crippen LogP contribution in [0.5, 0.6) is 0 Å². The predicted molar refractivity (Wildman–Crippen MR) is 100 cm³/mol. The van der Waals surface area contributed by atoms with Gasteiger partial charge in [-0.1, -0.05) is 0 Å². The number of piperazine rings is 1. The van der Waals surface area contributed by atoms with Gasteiger partial charge in [0.2, 0.25) is 0 Å². The van der Waals surface area contributed by atoms with Crippen molar-refractivity contribution in [3.8, 4) is 0 Å². The first kappa shape index (κ1) is 15.8. The number of aliphatic imine (C=N–C) groups is 1. The highest BCUT2D eigenvalue weighted by Crippen LogP contribution is 2.23. The van der Waals surface area contributed by atoms with Gasteiger partial charge in [0.05, 0.1) is 15.3 Å². The lowest BCUT2D eigenvalue weighted by atomic mass is 10.3. The summed E-state index contributed by atoms with van der Waals surface area (Å²) in [6.45, 7) is 4.93. The second-order valence-corrected chi connectivity index (χ2v) is 8.51. The van der Waals surface area contributed by atoms with Gasteiger partial charge in [-0.3, -0.25) is 4.99 Å². The van der Waals surface area contributed by atoms with E-state index in [1.54, 1.807) is 11.3 Å². The van der Waals surface area contributed by atoms with E-state index in [9.17, 15) is 0 Å². The van der Waals surface area contributed by atoms with Gasteiger partial charge in [0.25, 0.3) is 0 Å². The molecule has 2 aromatic rings. The van der Waals surface area contributed by atoms with Crippen molar-refractivity contribution in [2.45, 2.75) is 6.54 Å². The van der Waals surface area contributed by atoms with E-state index >= 15 is 0 Å². The molecule has 1 saturated heterocycles. The molecule has 22 heavy (non-hydrogen) atoms. The Hall–Kier alpha value is -1.05. The van der Waals surface area contributed by atoms with Crippen molar-refractivity contribution in [2.75, 3.05) is 38.1 Å². The van der Waals surface area contributed by atoms with Gasteiger partial charge >= 0.3 is 0 Å². The molecule has 1 fully saturated rings. The molecule has 0 unspecified atom stereocenters. The number of hydrogen-bond donors (Lipinski definition) is 1. The Labute approximate surface area is 147 Å². The molecule has 3 heterocycles. The van der Waals surface area contributed by atoms with Crippen molar-refractivity contribution in [1.82, 2.24) is 10.2 Å². The summed E-state index contributed by atoms with van der Waals surface area (Å²) in [5.74, 6) is 0.996. The van der Waals surface area contributed by atoms with E-state index < -0.39 is 0 Å². The molecular formula is C15H19BrN4S2. The van der Waals surface area contributed by atoms with Gasteiger partial charge in [-0.05, 0) is 45.6 Å². The van der Waals surface area contributed by atoms with E-state index in [2.05, 4.69) is 65.7 Å². The molecule has 4 nitrogen and oxygen atoms in total. The van der Waals surface area contributed by atoms with Gasteiger partial charge in [0.15, 0.2) is 5.96 Å². The van der Waals surface area contributed by atoms with Gasteiger partial charge in [0, 0.05) is 38.1 Å². The average molecular weight is 399 g/mol. The third-order valence-electron chi connectivity index (χ3n) is 3.66. The summed E-state index contributed by atoms with van der Waals surface area (Å²) in [5.41, 5.74) is 0. The number of nitrogens with one attached hydrogen (secondary N) is 1. The maximum atomic E-state index is 4.43. The second-order valence-electron chi connectivity index (χ2n) is 5.03. The fourth-order valence-electron chi connectivity index (χ4n) is 2.53. The van der Waals surface area contributed by atoms with Crippen LogP contribution in [0.3, 0.4) is 0 Å². The number of guanidine groups is 1. The summed E-state index contributed by atoms with van der Waals surface area (Å²) < 4.78 is 1.17. The van der Waals surface area contributed by atoms with Crippen LogP contribution >= 0.6 is 38.6 Å². The zero-order chi connectivity index (χ0) is 15.4. The maximum absolute atomic E-state index is 4.43. The topological polar surface area (TPSA) is 30.9 Å². The smallest absolute Gasteiger partial charge is 0.194 e. The molecule has 7 heteroatoms. The van der Waals surface area contributed by atoms with Crippen molar-refractivity contribution >= 4 is 49.6 Å². The molecule has 1 aliphatic heterocycles. The largest absolute Gasteiger partial charge is 0.360 e. The lowest BCUT2D eigenvalue weighted by Crippen LogP contribution is -2.52. The summed E-state index contributed by atoms with van der Waals surface area (Å²) in [4.78, 5) is 10.5. The molecule has 0 bridgehead atoms. The van der Waals surface area contributed by atoms with E-state index in [1.807, 2.05) is 18.4 Å². The van der Waals surface area contributed by atoms with Crippen LogP contribution in [0.2, 0.25) is 0 Å². The third-order valence-corrected chi connectivity index (χ3v) is 6.21. The van der Waals surface area contributed by atoms with Crippen molar-refractivity contribution in [1.29, 1.82) is 0 Å². The van der Waals surface area contributed by atoms with E-state index in [0.29, 0.717) is 0 Å². The third kappa shape index (κ3) is 3.83. The summed E-state index contributed by atoms with van der Waals surface area (Å²) in [6, 6.07) is 8.54. The van der Waals surface area contributed by atoms with E-state index in [-0.39, 0.29) is 0 Å². The highest BCUT2D eigenvalue weighted by molar-refractivity contribution is 9.11. The monoisotopic (exact) mass is 398 g/mol. The number of rotatable bonds is 3. The van der Waals surface area contributed by atoms with Crippen molar-refractivity contribution < 1.29 is 0 Å². The lowest BCUT2D eigenvalue weighted by Gasteiger charge is -2.37. The first-order chi connectivity index (χ1) is 10.8. The van der Waals surface area contributed by atoms with Gasteiger partial charge < -0.3 is 15.1 Å². The van der Waals surface area contributed by atoms with Crippen LogP contribution in [0.4, 0.5) is 5.00 Å². The van der Waals surface area contributed by atoms with E-state index in [1.165, 1.54) is 13.7 Å². The number of hydrogen-bond acceptors (Lipinski definition) is 4. The van der Waals surface area contributed by atoms with Crippen LogP contribution < -0.4 is 10.2 Å². The minimum Gasteiger partial charge on any atom is -0.360 e. The fourth-order valence-corrected chi connectivity index (χ4v) is 4.74. The molecule has 0 atom stereocenters. The number of halogens is 1. The molecule has 3 rings (SSSR count). The van der Waals surface area contributed by atoms with Crippen LogP contribution in [0.15, 0.2) is 38.4 Å². The summed E-state index contributed by atoms with van der Waals surface area (Å²) in [6.07, 6.45) is 0. The zero-order valence-electron chi connectivity index (χ0n) is 12.5. The molecule has 1 aliphatic rings. The summed E-state index contributed by atoms with van der Waals surface area (Å²) >= 11 is 7.08. The fraction of sp³-hybridized carbons (Fsp3) is 0.400. The Morgan fingerprint density at radius 2 is 2.09 bits per heavy atom. The number of thiophene rings is 2. The van der Waals surface area contributed by atoms with Crippen molar-refractivity contribution in [3.63, 3.8) is 0 Å². The molecule has 0 radical (unpaired) electrons. The van der Waals surface area contributed by atoms with Gasteiger partial charge in [-0.15, -0.1) is 22.7 Å². The number of anilines is 1.